The average molecular weight is 332 g/mol. The molecule has 0 radical (unpaired) electrons. The molecule has 0 amide bonds. The highest BCUT2D eigenvalue weighted by Crippen LogP contribution is 2.38. The summed E-state index contributed by atoms with van der Waals surface area (Å²) in [5, 5.41) is 0.186. The minimum atomic E-state index is -1.81. The molecule has 0 aromatic heterocycles. The quantitative estimate of drug-likeness (QED) is 0.812. The van der Waals surface area contributed by atoms with Crippen LogP contribution < -0.4 is 10.2 Å². The molecule has 0 saturated carbocycles. The number of methoxy groups -OCH3 is 1. The fourth-order valence-corrected chi connectivity index (χ4v) is 3.38. The van der Waals surface area contributed by atoms with E-state index in [2.05, 4.69) is 46.0 Å². The van der Waals surface area contributed by atoms with Crippen LogP contribution in [0.5, 0.6) is 5.75 Å². The molecule has 2 rings (SSSR count). The Hall–Kier alpha value is -1.52. The van der Waals surface area contributed by atoms with Crippen LogP contribution in [0.4, 0.5) is 0 Å². The maximum Gasteiger partial charge on any atom is 0.250 e. The zero-order chi connectivity index (χ0) is 17.3. The number of ether oxygens (including phenoxy) is 1. The zero-order valence-electron chi connectivity index (χ0n) is 15.1. The predicted octanol–water partition coefficient (Wildman–Crippen LogP) is 4.71. The lowest BCUT2D eigenvalue weighted by molar-refractivity contribution is 0.257. The molecule has 4 heteroatoms. The highest BCUT2D eigenvalue weighted by atomic mass is 28.4. The number of nitrogens with two attached hydrogens (primary N) is 1. The summed E-state index contributed by atoms with van der Waals surface area (Å²) in [6, 6.07) is 8.18. The number of allylic oxidation sites excluding steroid dienone is 2. The van der Waals surface area contributed by atoms with Gasteiger partial charge in [0.2, 0.25) is 8.32 Å². The maximum absolute atomic E-state index is 6.55. The smallest absolute Gasteiger partial charge is 0.250 e. The Balaban J connectivity index is 2.18. The first-order chi connectivity index (χ1) is 10.6. The van der Waals surface area contributed by atoms with Crippen molar-refractivity contribution in [3.8, 4) is 5.75 Å². The summed E-state index contributed by atoms with van der Waals surface area (Å²) in [5.41, 5.74) is 7.10. The van der Waals surface area contributed by atoms with Crippen LogP contribution in [0.3, 0.4) is 0 Å². The third-order valence-corrected chi connectivity index (χ3v) is 9.33. The van der Waals surface area contributed by atoms with E-state index in [1.807, 2.05) is 30.4 Å². The molecule has 0 fully saturated rings. The van der Waals surface area contributed by atoms with Gasteiger partial charge in [0.05, 0.1) is 18.4 Å². The fraction of sp³-hybridized carbons (Fsp3) is 0.474. The van der Waals surface area contributed by atoms with Crippen molar-refractivity contribution in [2.24, 2.45) is 5.73 Å². The Morgan fingerprint density at radius 2 is 1.74 bits per heavy atom. The van der Waals surface area contributed by atoms with Crippen molar-refractivity contribution in [3.63, 3.8) is 0 Å². The van der Waals surface area contributed by atoms with Gasteiger partial charge in [0, 0.05) is 6.42 Å². The fourth-order valence-electron chi connectivity index (χ4n) is 2.35. The van der Waals surface area contributed by atoms with E-state index in [1.165, 1.54) is 0 Å². The van der Waals surface area contributed by atoms with E-state index in [0.717, 1.165) is 17.1 Å². The number of benzene rings is 1. The first-order valence-electron chi connectivity index (χ1n) is 8.08. The number of hydrogen-bond donors (Lipinski definition) is 1. The van der Waals surface area contributed by atoms with Crippen molar-refractivity contribution >= 4 is 8.32 Å². The standard InChI is InChI=1S/C19H29NO2Si/c1-18(2,3)23(5,6)22-16-11-9-15(10-12-16)19(20)13-7-8-17(14-19)21-4/h7-13H,14,20H2,1-6H3. The van der Waals surface area contributed by atoms with Gasteiger partial charge < -0.3 is 14.9 Å². The maximum atomic E-state index is 6.55. The van der Waals surface area contributed by atoms with E-state index in [9.17, 15) is 0 Å². The lowest BCUT2D eigenvalue weighted by Gasteiger charge is -2.36. The summed E-state index contributed by atoms with van der Waals surface area (Å²) in [6.45, 7) is 11.2. The Morgan fingerprint density at radius 3 is 2.26 bits per heavy atom. The predicted molar refractivity (Wildman–Crippen MR) is 99.0 cm³/mol. The second kappa shape index (κ2) is 6.17. The molecule has 23 heavy (non-hydrogen) atoms. The molecule has 0 aliphatic heterocycles. The molecule has 2 N–H and O–H groups in total. The van der Waals surface area contributed by atoms with Crippen LogP contribution in [-0.2, 0) is 10.3 Å². The lowest BCUT2D eigenvalue weighted by Crippen LogP contribution is -2.43. The molecule has 126 valence electrons. The van der Waals surface area contributed by atoms with Crippen molar-refractivity contribution in [1.82, 2.24) is 0 Å². The van der Waals surface area contributed by atoms with Crippen molar-refractivity contribution in [3.05, 3.63) is 53.8 Å². The van der Waals surface area contributed by atoms with E-state index in [0.29, 0.717) is 6.42 Å². The third kappa shape index (κ3) is 3.87. The minimum Gasteiger partial charge on any atom is -0.544 e. The molecule has 1 aromatic rings. The molecule has 0 saturated heterocycles. The van der Waals surface area contributed by atoms with Gasteiger partial charge in [0.15, 0.2) is 0 Å². The van der Waals surface area contributed by atoms with Crippen molar-refractivity contribution < 1.29 is 9.16 Å². The second-order valence-electron chi connectivity index (χ2n) is 7.80. The van der Waals surface area contributed by atoms with Crippen LogP contribution in [0.15, 0.2) is 48.3 Å². The molecule has 3 nitrogen and oxygen atoms in total. The largest absolute Gasteiger partial charge is 0.544 e. The van der Waals surface area contributed by atoms with Gasteiger partial charge in [-0.15, -0.1) is 0 Å². The van der Waals surface area contributed by atoms with Crippen molar-refractivity contribution in [1.29, 1.82) is 0 Å². The second-order valence-corrected chi connectivity index (χ2v) is 12.5. The van der Waals surface area contributed by atoms with Gasteiger partial charge in [-0.25, -0.2) is 0 Å². The molecule has 1 unspecified atom stereocenters. The first-order valence-corrected chi connectivity index (χ1v) is 11.0. The van der Waals surface area contributed by atoms with E-state index in [4.69, 9.17) is 14.9 Å². The van der Waals surface area contributed by atoms with E-state index < -0.39 is 13.9 Å². The summed E-state index contributed by atoms with van der Waals surface area (Å²) in [5.74, 6) is 1.82. The average Bonchev–Trinajstić information content (AvgIpc) is 2.46. The molecular formula is C19H29NO2Si. The summed E-state index contributed by atoms with van der Waals surface area (Å²) in [7, 11) is -0.130. The molecule has 1 aliphatic carbocycles. The van der Waals surface area contributed by atoms with Crippen LogP contribution in [0.1, 0.15) is 32.8 Å². The van der Waals surface area contributed by atoms with Crippen LogP contribution in [0.2, 0.25) is 18.1 Å². The Morgan fingerprint density at radius 1 is 1.13 bits per heavy atom. The summed E-state index contributed by atoms with van der Waals surface area (Å²) < 4.78 is 11.7. The van der Waals surface area contributed by atoms with Gasteiger partial charge >= 0.3 is 0 Å². The van der Waals surface area contributed by atoms with E-state index >= 15 is 0 Å². The van der Waals surface area contributed by atoms with Crippen LogP contribution >= 0.6 is 0 Å². The number of rotatable bonds is 4. The Labute approximate surface area is 141 Å². The topological polar surface area (TPSA) is 44.5 Å². The summed E-state index contributed by atoms with van der Waals surface area (Å²) in [6.07, 6.45) is 6.62. The van der Waals surface area contributed by atoms with Crippen molar-refractivity contribution in [2.75, 3.05) is 7.11 Å². The Kier molecular flexibility index (Phi) is 4.78. The summed E-state index contributed by atoms with van der Waals surface area (Å²) in [4.78, 5) is 0. The van der Waals surface area contributed by atoms with Gasteiger partial charge in [-0.3, -0.25) is 0 Å². The van der Waals surface area contributed by atoms with Gasteiger partial charge in [0.1, 0.15) is 5.75 Å². The molecule has 1 aromatic carbocycles. The monoisotopic (exact) mass is 331 g/mol. The van der Waals surface area contributed by atoms with Crippen LogP contribution in [0.25, 0.3) is 0 Å². The van der Waals surface area contributed by atoms with Gasteiger partial charge in [-0.1, -0.05) is 45.1 Å². The number of hydrogen-bond acceptors (Lipinski definition) is 3. The molecular weight excluding hydrogens is 302 g/mol. The van der Waals surface area contributed by atoms with Gasteiger partial charge in [0.25, 0.3) is 0 Å². The molecule has 1 aliphatic rings. The molecule has 0 heterocycles. The van der Waals surface area contributed by atoms with E-state index in [1.54, 1.807) is 7.11 Å². The van der Waals surface area contributed by atoms with Gasteiger partial charge in [-0.2, -0.15) is 0 Å². The SMILES string of the molecule is COC1=CC=CC(N)(c2ccc(O[Si](C)(C)C(C)(C)C)cc2)C1. The summed E-state index contributed by atoms with van der Waals surface area (Å²) >= 11 is 0. The Bertz CT molecular complexity index is 611. The first kappa shape index (κ1) is 17.8. The molecule has 0 bridgehead atoms. The highest BCUT2D eigenvalue weighted by Gasteiger charge is 2.39. The molecule has 1 atom stereocenters. The molecule has 0 spiro atoms. The minimum absolute atomic E-state index is 0.186. The highest BCUT2D eigenvalue weighted by molar-refractivity contribution is 6.74. The normalized spacial score (nSPS) is 21.8. The van der Waals surface area contributed by atoms with Gasteiger partial charge in [-0.05, 0) is 41.9 Å². The third-order valence-electron chi connectivity index (χ3n) is 4.98. The zero-order valence-corrected chi connectivity index (χ0v) is 16.1. The van der Waals surface area contributed by atoms with Crippen LogP contribution in [-0.4, -0.2) is 15.4 Å². The lowest BCUT2D eigenvalue weighted by atomic mass is 9.84. The van der Waals surface area contributed by atoms with E-state index in [-0.39, 0.29) is 5.04 Å². The van der Waals surface area contributed by atoms with Crippen LogP contribution in [0, 0.1) is 0 Å². The van der Waals surface area contributed by atoms with Crippen molar-refractivity contribution in [2.45, 2.75) is 50.9 Å².